The maximum absolute atomic E-state index is 12.2. The van der Waals surface area contributed by atoms with Crippen LogP contribution in [0.15, 0.2) is 0 Å². The molecule has 1 heterocycles. The first-order chi connectivity index (χ1) is 7.87. The van der Waals surface area contributed by atoms with Crippen LogP contribution in [0.3, 0.4) is 0 Å². The van der Waals surface area contributed by atoms with Crippen LogP contribution in [0.4, 0.5) is 0 Å². The summed E-state index contributed by atoms with van der Waals surface area (Å²) in [5.74, 6) is 0.585. The Balaban J connectivity index is 2.59. The summed E-state index contributed by atoms with van der Waals surface area (Å²) in [6, 6.07) is 0. The van der Waals surface area contributed by atoms with Gasteiger partial charge in [-0.2, -0.15) is 17.0 Å². The van der Waals surface area contributed by atoms with Crippen LogP contribution in [0.1, 0.15) is 26.7 Å². The average Bonchev–Trinajstić information content (AvgIpc) is 2.28. The van der Waals surface area contributed by atoms with Crippen molar-refractivity contribution in [2.45, 2.75) is 26.7 Å². The summed E-state index contributed by atoms with van der Waals surface area (Å²) >= 11 is 0. The highest BCUT2D eigenvalue weighted by Crippen LogP contribution is 2.20. The van der Waals surface area contributed by atoms with E-state index in [1.165, 1.54) is 8.61 Å². The van der Waals surface area contributed by atoms with Crippen LogP contribution in [0.25, 0.3) is 0 Å². The summed E-state index contributed by atoms with van der Waals surface area (Å²) in [6.45, 7) is 5.76. The van der Waals surface area contributed by atoms with E-state index in [-0.39, 0.29) is 12.5 Å². The first-order valence-corrected chi connectivity index (χ1v) is 7.60. The van der Waals surface area contributed by atoms with Gasteiger partial charge in [0.2, 0.25) is 0 Å². The fourth-order valence-electron chi connectivity index (χ4n) is 2.13. The summed E-state index contributed by atoms with van der Waals surface area (Å²) in [6.07, 6.45) is 1.51. The Kier molecular flexibility index (Phi) is 5.37. The third-order valence-corrected chi connectivity index (χ3v) is 5.13. The van der Waals surface area contributed by atoms with Crippen LogP contribution < -0.4 is 0 Å². The molecule has 0 aromatic carbocycles. The Bertz CT molecular complexity index is 322. The lowest BCUT2D eigenvalue weighted by atomic mass is 10.00. The number of hydrogen-bond donors (Lipinski definition) is 1. The Morgan fingerprint density at radius 1 is 1.35 bits per heavy atom. The van der Waals surface area contributed by atoms with Gasteiger partial charge in [0.1, 0.15) is 0 Å². The number of hydrogen-bond acceptors (Lipinski definition) is 3. The molecule has 0 aliphatic carbocycles. The number of rotatable bonds is 5. The Hall–Kier alpha value is -0.170. The first kappa shape index (κ1) is 14.9. The molecular weight excluding hydrogens is 240 g/mol. The average molecular weight is 264 g/mol. The zero-order valence-electron chi connectivity index (χ0n) is 11.0. The molecule has 0 saturated carbocycles. The molecule has 1 rings (SSSR count). The Morgan fingerprint density at radius 2 is 1.88 bits per heavy atom. The molecule has 102 valence electrons. The molecule has 0 aromatic rings. The fraction of sp³-hybridized carbons (Fsp3) is 1.00. The highest BCUT2D eigenvalue weighted by molar-refractivity contribution is 7.86. The van der Waals surface area contributed by atoms with Crippen LogP contribution in [0.2, 0.25) is 0 Å². The molecule has 1 fully saturated rings. The molecule has 6 heteroatoms. The van der Waals surface area contributed by atoms with E-state index in [0.717, 1.165) is 12.8 Å². The van der Waals surface area contributed by atoms with E-state index >= 15 is 0 Å². The van der Waals surface area contributed by atoms with Crippen molar-refractivity contribution in [1.29, 1.82) is 0 Å². The largest absolute Gasteiger partial charge is 0.396 e. The fourth-order valence-corrected chi connectivity index (χ4v) is 3.68. The molecule has 0 bridgehead atoms. The van der Waals surface area contributed by atoms with E-state index in [1.54, 1.807) is 7.05 Å². The lowest BCUT2D eigenvalue weighted by molar-refractivity contribution is 0.166. The molecule has 0 spiro atoms. The summed E-state index contributed by atoms with van der Waals surface area (Å²) in [5.41, 5.74) is 0. The third-order valence-electron chi connectivity index (χ3n) is 3.17. The number of aliphatic hydroxyl groups excluding tert-OH is 1. The molecule has 0 amide bonds. The van der Waals surface area contributed by atoms with Crippen molar-refractivity contribution < 1.29 is 13.5 Å². The minimum Gasteiger partial charge on any atom is -0.396 e. The first-order valence-electron chi connectivity index (χ1n) is 6.20. The van der Waals surface area contributed by atoms with Crippen molar-refractivity contribution in [3.63, 3.8) is 0 Å². The van der Waals surface area contributed by atoms with E-state index in [9.17, 15) is 8.42 Å². The van der Waals surface area contributed by atoms with Gasteiger partial charge in [-0.3, -0.25) is 0 Å². The van der Waals surface area contributed by atoms with Crippen molar-refractivity contribution in [2.75, 3.05) is 33.3 Å². The van der Waals surface area contributed by atoms with Crippen LogP contribution in [-0.2, 0) is 10.2 Å². The zero-order valence-corrected chi connectivity index (χ0v) is 11.8. The SMILES string of the molecule is CC(C)CN(C)S(=O)(=O)N1CCC(CO)CC1. The molecule has 1 aliphatic heterocycles. The van der Waals surface area contributed by atoms with Crippen LogP contribution in [-0.4, -0.2) is 55.4 Å². The molecule has 5 nitrogen and oxygen atoms in total. The predicted octanol–water partition coefficient (Wildman–Crippen LogP) is 0.523. The minimum atomic E-state index is -3.30. The third kappa shape index (κ3) is 3.91. The summed E-state index contributed by atoms with van der Waals surface area (Å²) in [4.78, 5) is 0. The van der Waals surface area contributed by atoms with Gasteiger partial charge in [-0.1, -0.05) is 13.8 Å². The van der Waals surface area contributed by atoms with Gasteiger partial charge in [-0.05, 0) is 24.7 Å². The second kappa shape index (κ2) is 6.13. The summed E-state index contributed by atoms with van der Waals surface area (Å²) in [5, 5.41) is 9.03. The van der Waals surface area contributed by atoms with Gasteiger partial charge in [0, 0.05) is 33.3 Å². The van der Waals surface area contributed by atoms with Gasteiger partial charge >= 0.3 is 0 Å². The van der Waals surface area contributed by atoms with Gasteiger partial charge in [0.25, 0.3) is 10.2 Å². The summed E-state index contributed by atoms with van der Waals surface area (Å²) < 4.78 is 27.4. The summed E-state index contributed by atoms with van der Waals surface area (Å²) in [7, 11) is -1.67. The topological polar surface area (TPSA) is 60.9 Å². The maximum atomic E-state index is 12.2. The van der Waals surface area contributed by atoms with Gasteiger partial charge in [0.15, 0.2) is 0 Å². The van der Waals surface area contributed by atoms with E-state index in [2.05, 4.69) is 0 Å². The Morgan fingerprint density at radius 3 is 2.29 bits per heavy atom. The maximum Gasteiger partial charge on any atom is 0.281 e. The second-order valence-electron chi connectivity index (χ2n) is 5.21. The van der Waals surface area contributed by atoms with Crippen LogP contribution in [0.5, 0.6) is 0 Å². The molecule has 1 saturated heterocycles. The zero-order chi connectivity index (χ0) is 13.1. The molecule has 0 aromatic heterocycles. The molecule has 0 radical (unpaired) electrons. The molecular formula is C11H24N2O3S. The predicted molar refractivity (Wildman–Crippen MR) is 67.8 cm³/mol. The second-order valence-corrected chi connectivity index (χ2v) is 7.24. The standard InChI is InChI=1S/C11H24N2O3S/c1-10(2)8-12(3)17(15,16)13-6-4-11(9-14)5-7-13/h10-11,14H,4-9H2,1-3H3. The molecule has 1 aliphatic rings. The normalized spacial score (nSPS) is 20.4. The van der Waals surface area contributed by atoms with Gasteiger partial charge in [-0.15, -0.1) is 0 Å². The smallest absolute Gasteiger partial charge is 0.281 e. The number of aliphatic hydroxyl groups is 1. The van der Waals surface area contributed by atoms with Crippen molar-refractivity contribution >= 4 is 10.2 Å². The van der Waals surface area contributed by atoms with Crippen molar-refractivity contribution in [3.05, 3.63) is 0 Å². The highest BCUT2D eigenvalue weighted by Gasteiger charge is 2.30. The van der Waals surface area contributed by atoms with Crippen molar-refractivity contribution in [2.24, 2.45) is 11.8 Å². The Labute approximate surface area is 105 Å². The molecule has 0 atom stereocenters. The number of nitrogens with zero attached hydrogens (tertiary/aromatic N) is 2. The van der Waals surface area contributed by atoms with Crippen LogP contribution in [0, 0.1) is 11.8 Å². The van der Waals surface area contributed by atoms with E-state index in [4.69, 9.17) is 5.11 Å². The molecule has 1 N–H and O–H groups in total. The van der Waals surface area contributed by atoms with Crippen molar-refractivity contribution in [1.82, 2.24) is 8.61 Å². The lowest BCUT2D eigenvalue weighted by Gasteiger charge is -2.33. The van der Waals surface area contributed by atoms with Gasteiger partial charge in [-0.25, -0.2) is 0 Å². The number of piperidine rings is 1. The van der Waals surface area contributed by atoms with E-state index < -0.39 is 10.2 Å². The molecule has 0 unspecified atom stereocenters. The van der Waals surface area contributed by atoms with Crippen molar-refractivity contribution in [3.8, 4) is 0 Å². The monoisotopic (exact) mass is 264 g/mol. The van der Waals surface area contributed by atoms with Gasteiger partial charge in [0.05, 0.1) is 0 Å². The van der Waals surface area contributed by atoms with E-state index in [0.29, 0.717) is 25.6 Å². The highest BCUT2D eigenvalue weighted by atomic mass is 32.2. The minimum absolute atomic E-state index is 0.162. The lowest BCUT2D eigenvalue weighted by Crippen LogP contribution is -2.46. The quantitative estimate of drug-likeness (QED) is 0.787. The van der Waals surface area contributed by atoms with Crippen LogP contribution >= 0.6 is 0 Å². The van der Waals surface area contributed by atoms with Gasteiger partial charge < -0.3 is 5.11 Å². The molecule has 17 heavy (non-hydrogen) atoms. The van der Waals surface area contributed by atoms with E-state index in [1.807, 2.05) is 13.8 Å².